The van der Waals surface area contributed by atoms with Gasteiger partial charge in [0, 0.05) is 32.3 Å². The van der Waals surface area contributed by atoms with Gasteiger partial charge in [-0.25, -0.2) is 0 Å². The Kier molecular flexibility index (Phi) is 4.14. The van der Waals surface area contributed by atoms with Crippen LogP contribution in [0, 0.1) is 5.95 Å². The Morgan fingerprint density at radius 1 is 1.43 bits per heavy atom. The highest BCUT2D eigenvalue weighted by Gasteiger charge is 2.31. The Hall–Kier alpha value is -2.64. The average Bonchev–Trinajstić information content (AvgIpc) is 3.13. The molecule has 8 heteroatoms. The molecule has 0 bridgehead atoms. The molecule has 1 aliphatic heterocycles. The van der Waals surface area contributed by atoms with Gasteiger partial charge in [-0.05, 0) is 6.07 Å². The number of pyridine rings is 1. The van der Waals surface area contributed by atoms with Crippen LogP contribution >= 0.6 is 0 Å². The number of likely N-dealkylation sites (tertiary alicyclic amines) is 1. The van der Waals surface area contributed by atoms with Gasteiger partial charge in [0.2, 0.25) is 17.7 Å². The second-order valence-corrected chi connectivity index (χ2v) is 5.30. The van der Waals surface area contributed by atoms with Gasteiger partial charge in [0.25, 0.3) is 5.91 Å². The molecule has 3 heterocycles. The highest BCUT2D eigenvalue weighted by Crippen LogP contribution is 2.22. The summed E-state index contributed by atoms with van der Waals surface area (Å²) in [4.78, 5) is 17.9. The van der Waals surface area contributed by atoms with E-state index in [-0.39, 0.29) is 17.9 Å². The van der Waals surface area contributed by atoms with Crippen molar-refractivity contribution in [1.29, 1.82) is 0 Å². The number of carbonyl (C=O) groups excluding carboxylic acids is 1. The van der Waals surface area contributed by atoms with Crippen LogP contribution in [0.1, 0.15) is 16.8 Å². The van der Waals surface area contributed by atoms with E-state index in [0.717, 1.165) is 0 Å². The predicted molar refractivity (Wildman–Crippen MR) is 78.9 cm³/mol. The van der Waals surface area contributed by atoms with E-state index in [1.807, 2.05) is 0 Å². The molecule has 1 atom stereocenters. The van der Waals surface area contributed by atoms with Gasteiger partial charge < -0.3 is 14.4 Å². The third-order valence-corrected chi connectivity index (χ3v) is 3.63. The minimum Gasteiger partial charge on any atom is -0.479 e. The first kappa shape index (κ1) is 15.3. The number of hydrogen-bond acceptors (Lipinski definition) is 5. The van der Waals surface area contributed by atoms with Gasteiger partial charge in [0.05, 0.1) is 13.7 Å². The van der Waals surface area contributed by atoms with Crippen LogP contribution in [0.3, 0.4) is 0 Å². The zero-order chi connectivity index (χ0) is 16.4. The quantitative estimate of drug-likeness (QED) is 0.793. The standard InChI is InChI=1S/C15H17FN4O3/c1-19-9-11(14(18-19)22-2)15(21)20-7-6-10(8-20)23-13-5-3-4-12(16)17-13/h3-5,9-10H,6-8H2,1-2H3. The second-order valence-electron chi connectivity index (χ2n) is 5.30. The molecule has 122 valence electrons. The number of nitrogens with zero attached hydrogens (tertiary/aromatic N) is 4. The van der Waals surface area contributed by atoms with E-state index in [1.54, 1.807) is 24.2 Å². The average molecular weight is 320 g/mol. The molecule has 1 unspecified atom stereocenters. The van der Waals surface area contributed by atoms with Crippen LogP contribution in [0.15, 0.2) is 24.4 Å². The molecule has 1 amide bonds. The van der Waals surface area contributed by atoms with Crippen molar-refractivity contribution in [3.63, 3.8) is 0 Å². The Morgan fingerprint density at radius 3 is 3.00 bits per heavy atom. The Bertz CT molecular complexity index is 718. The van der Waals surface area contributed by atoms with Crippen LogP contribution in [-0.2, 0) is 7.05 Å². The fourth-order valence-corrected chi connectivity index (χ4v) is 2.57. The number of hydrogen-bond donors (Lipinski definition) is 0. The number of carbonyl (C=O) groups is 1. The van der Waals surface area contributed by atoms with Crippen molar-refractivity contribution in [2.75, 3.05) is 20.2 Å². The monoisotopic (exact) mass is 320 g/mol. The van der Waals surface area contributed by atoms with Crippen LogP contribution in [0.4, 0.5) is 4.39 Å². The van der Waals surface area contributed by atoms with Gasteiger partial charge in [0.15, 0.2) is 0 Å². The van der Waals surface area contributed by atoms with Crippen LogP contribution < -0.4 is 9.47 Å². The molecule has 1 fully saturated rings. The maximum atomic E-state index is 13.1. The Balaban J connectivity index is 1.66. The maximum Gasteiger partial charge on any atom is 0.261 e. The molecule has 0 saturated carbocycles. The number of methoxy groups -OCH3 is 1. The fraction of sp³-hybridized carbons (Fsp3) is 0.400. The lowest BCUT2D eigenvalue weighted by molar-refractivity contribution is 0.0767. The first-order chi connectivity index (χ1) is 11.1. The van der Waals surface area contributed by atoms with Crippen molar-refractivity contribution in [2.24, 2.45) is 7.05 Å². The molecule has 7 nitrogen and oxygen atoms in total. The van der Waals surface area contributed by atoms with Crippen LogP contribution in [0.2, 0.25) is 0 Å². The lowest BCUT2D eigenvalue weighted by Crippen LogP contribution is -2.31. The molecule has 0 aromatic carbocycles. The zero-order valence-corrected chi connectivity index (χ0v) is 12.9. The van der Waals surface area contributed by atoms with E-state index >= 15 is 0 Å². The van der Waals surface area contributed by atoms with E-state index in [0.29, 0.717) is 31.0 Å². The van der Waals surface area contributed by atoms with E-state index in [1.165, 1.54) is 23.9 Å². The number of halogens is 1. The van der Waals surface area contributed by atoms with E-state index in [9.17, 15) is 9.18 Å². The van der Waals surface area contributed by atoms with Crippen molar-refractivity contribution in [1.82, 2.24) is 19.7 Å². The summed E-state index contributed by atoms with van der Waals surface area (Å²) in [5.74, 6) is -0.223. The Morgan fingerprint density at radius 2 is 2.26 bits per heavy atom. The molecule has 0 aliphatic carbocycles. The van der Waals surface area contributed by atoms with E-state index in [2.05, 4.69) is 10.1 Å². The summed E-state index contributed by atoms with van der Waals surface area (Å²) in [7, 11) is 3.20. The molecular weight excluding hydrogens is 303 g/mol. The van der Waals surface area contributed by atoms with Crippen molar-refractivity contribution in [3.05, 3.63) is 35.9 Å². The summed E-state index contributed by atoms with van der Waals surface area (Å²) >= 11 is 0. The van der Waals surface area contributed by atoms with Crippen molar-refractivity contribution in [2.45, 2.75) is 12.5 Å². The highest BCUT2D eigenvalue weighted by molar-refractivity contribution is 5.96. The van der Waals surface area contributed by atoms with Crippen LogP contribution in [-0.4, -0.2) is 51.9 Å². The lowest BCUT2D eigenvalue weighted by Gasteiger charge is -2.16. The molecule has 1 aliphatic rings. The second kappa shape index (κ2) is 6.23. The number of aromatic nitrogens is 3. The smallest absolute Gasteiger partial charge is 0.261 e. The Labute approximate surface area is 132 Å². The summed E-state index contributed by atoms with van der Waals surface area (Å²) in [5, 5.41) is 4.08. The normalized spacial score (nSPS) is 17.3. The third-order valence-electron chi connectivity index (χ3n) is 3.63. The minimum absolute atomic E-state index is 0.159. The number of ether oxygens (including phenoxy) is 2. The van der Waals surface area contributed by atoms with Crippen molar-refractivity contribution >= 4 is 5.91 Å². The molecule has 0 spiro atoms. The summed E-state index contributed by atoms with van der Waals surface area (Å²) in [6.45, 7) is 0.964. The molecule has 1 saturated heterocycles. The van der Waals surface area contributed by atoms with Crippen molar-refractivity contribution < 1.29 is 18.7 Å². The molecule has 2 aromatic rings. The first-order valence-electron chi connectivity index (χ1n) is 7.23. The molecule has 2 aromatic heterocycles. The van der Waals surface area contributed by atoms with E-state index < -0.39 is 5.95 Å². The third kappa shape index (κ3) is 3.25. The number of aryl methyl sites for hydroxylation is 1. The summed E-state index contributed by atoms with van der Waals surface area (Å²) < 4.78 is 25.4. The van der Waals surface area contributed by atoms with Gasteiger partial charge in [-0.1, -0.05) is 6.07 Å². The first-order valence-corrected chi connectivity index (χ1v) is 7.23. The number of rotatable bonds is 4. The summed E-state index contributed by atoms with van der Waals surface area (Å²) in [6.07, 6.45) is 2.08. The largest absolute Gasteiger partial charge is 0.479 e. The SMILES string of the molecule is COc1nn(C)cc1C(=O)N1CCC(Oc2cccc(F)n2)C1. The molecule has 0 N–H and O–H groups in total. The predicted octanol–water partition coefficient (Wildman–Crippen LogP) is 1.26. The fourth-order valence-electron chi connectivity index (χ4n) is 2.57. The highest BCUT2D eigenvalue weighted by atomic mass is 19.1. The molecular formula is C15H17FN4O3. The lowest BCUT2D eigenvalue weighted by atomic mass is 10.3. The number of amides is 1. The topological polar surface area (TPSA) is 69.5 Å². The van der Waals surface area contributed by atoms with E-state index in [4.69, 9.17) is 9.47 Å². The molecule has 3 rings (SSSR count). The summed E-state index contributed by atoms with van der Waals surface area (Å²) in [6, 6.07) is 4.39. The summed E-state index contributed by atoms with van der Waals surface area (Å²) in [5.41, 5.74) is 0.416. The molecule has 0 radical (unpaired) electrons. The van der Waals surface area contributed by atoms with Crippen molar-refractivity contribution in [3.8, 4) is 11.8 Å². The maximum absolute atomic E-state index is 13.1. The van der Waals surface area contributed by atoms with Gasteiger partial charge in [0.1, 0.15) is 11.7 Å². The molecule has 23 heavy (non-hydrogen) atoms. The van der Waals surface area contributed by atoms with Gasteiger partial charge in [-0.15, -0.1) is 5.10 Å². The van der Waals surface area contributed by atoms with Gasteiger partial charge in [-0.2, -0.15) is 9.37 Å². The van der Waals surface area contributed by atoms with Gasteiger partial charge in [-0.3, -0.25) is 9.48 Å². The van der Waals surface area contributed by atoms with Gasteiger partial charge >= 0.3 is 0 Å². The van der Waals surface area contributed by atoms with Crippen LogP contribution in [0.25, 0.3) is 0 Å². The zero-order valence-electron chi connectivity index (χ0n) is 12.9. The minimum atomic E-state index is -0.589. The van der Waals surface area contributed by atoms with Crippen LogP contribution in [0.5, 0.6) is 11.8 Å².